The second kappa shape index (κ2) is 9.18. The van der Waals surface area contributed by atoms with E-state index in [1.165, 1.54) is 29.2 Å². The van der Waals surface area contributed by atoms with Gasteiger partial charge in [-0.1, -0.05) is 42.5 Å². The van der Waals surface area contributed by atoms with Crippen LogP contribution in [0, 0.1) is 11.8 Å². The monoisotopic (exact) mass is 352 g/mol. The predicted molar refractivity (Wildman–Crippen MR) is 109 cm³/mol. The molecule has 1 unspecified atom stereocenters. The van der Waals surface area contributed by atoms with Crippen molar-refractivity contribution in [1.29, 1.82) is 0 Å². The van der Waals surface area contributed by atoms with Gasteiger partial charge in [0.25, 0.3) is 0 Å². The summed E-state index contributed by atoms with van der Waals surface area (Å²) in [6, 6.07) is 15.4. The van der Waals surface area contributed by atoms with E-state index in [4.69, 9.17) is 0 Å². The Morgan fingerprint density at radius 3 is 2.54 bits per heavy atom. The molecule has 1 aliphatic rings. The molecule has 1 atom stereocenters. The summed E-state index contributed by atoms with van der Waals surface area (Å²) in [4.78, 5) is 12.5. The second-order valence-corrected chi connectivity index (χ2v) is 7.91. The predicted octanol–water partition coefficient (Wildman–Crippen LogP) is 4.30. The second-order valence-electron chi connectivity index (χ2n) is 7.91. The fourth-order valence-corrected chi connectivity index (χ4v) is 4.13. The molecule has 3 rings (SSSR count). The summed E-state index contributed by atoms with van der Waals surface area (Å²) in [6.07, 6.45) is 6.40. The van der Waals surface area contributed by atoms with E-state index in [2.05, 4.69) is 60.0 Å². The number of benzene rings is 2. The molecule has 1 amide bonds. The van der Waals surface area contributed by atoms with Gasteiger partial charge in [-0.3, -0.25) is 4.79 Å². The number of nitrogens with one attached hydrogen (secondary N) is 2. The van der Waals surface area contributed by atoms with Crippen molar-refractivity contribution in [3.05, 3.63) is 48.0 Å². The summed E-state index contributed by atoms with van der Waals surface area (Å²) in [5.74, 6) is 1.22. The number of hydrogen-bond acceptors (Lipinski definition) is 2. The molecule has 0 spiro atoms. The third kappa shape index (κ3) is 5.07. The van der Waals surface area contributed by atoms with Gasteiger partial charge < -0.3 is 10.6 Å². The highest BCUT2D eigenvalue weighted by molar-refractivity contribution is 5.83. The van der Waals surface area contributed by atoms with Crippen LogP contribution in [0.4, 0.5) is 0 Å². The number of rotatable bonds is 7. The Hall–Kier alpha value is -1.87. The lowest BCUT2D eigenvalue weighted by Crippen LogP contribution is -2.39. The molecule has 0 radical (unpaired) electrons. The van der Waals surface area contributed by atoms with E-state index in [0.29, 0.717) is 0 Å². The molecular formula is C23H32N2O. The van der Waals surface area contributed by atoms with Crippen molar-refractivity contribution in [3.63, 3.8) is 0 Å². The Bertz CT molecular complexity index is 719. The van der Waals surface area contributed by atoms with Gasteiger partial charge in [-0.05, 0) is 81.3 Å². The third-order valence-electron chi connectivity index (χ3n) is 5.78. The number of amides is 1. The zero-order valence-electron chi connectivity index (χ0n) is 16.1. The summed E-state index contributed by atoms with van der Waals surface area (Å²) in [6.45, 7) is 3.21. The molecule has 2 aromatic carbocycles. The zero-order valence-corrected chi connectivity index (χ0v) is 16.1. The van der Waals surface area contributed by atoms with Gasteiger partial charge in [0.15, 0.2) is 0 Å². The van der Waals surface area contributed by atoms with E-state index in [0.717, 1.165) is 38.1 Å². The first-order valence-corrected chi connectivity index (χ1v) is 10.1. The van der Waals surface area contributed by atoms with E-state index >= 15 is 0 Å². The molecule has 3 heteroatoms. The highest BCUT2D eigenvalue weighted by Crippen LogP contribution is 2.28. The summed E-state index contributed by atoms with van der Waals surface area (Å²) in [5.41, 5.74) is 1.34. The van der Waals surface area contributed by atoms with E-state index in [-0.39, 0.29) is 17.9 Å². The quantitative estimate of drug-likeness (QED) is 0.780. The van der Waals surface area contributed by atoms with Crippen molar-refractivity contribution < 1.29 is 4.79 Å². The topological polar surface area (TPSA) is 41.1 Å². The molecule has 1 saturated carbocycles. The largest absolute Gasteiger partial charge is 0.353 e. The van der Waals surface area contributed by atoms with Crippen LogP contribution in [-0.4, -0.2) is 25.5 Å². The maximum absolute atomic E-state index is 12.5. The van der Waals surface area contributed by atoms with E-state index in [1.807, 2.05) is 7.05 Å². The first-order chi connectivity index (χ1) is 12.7. The molecule has 0 heterocycles. The van der Waals surface area contributed by atoms with E-state index in [1.54, 1.807) is 0 Å². The lowest BCUT2D eigenvalue weighted by molar-refractivity contribution is -0.126. The number of hydrogen-bond donors (Lipinski definition) is 2. The van der Waals surface area contributed by atoms with Crippen molar-refractivity contribution in [2.24, 2.45) is 11.8 Å². The standard InChI is InChI=1S/C23H32N2O/c1-17(25-23(26)21-13-10-19(11-14-21)16-24-2)7-8-18-9-12-20-5-3-4-6-22(20)15-18/h3-6,9,12,15,17,19,21,24H,7-8,10-11,13-14,16H2,1-2H3,(H,25,26). The maximum atomic E-state index is 12.5. The highest BCUT2D eigenvalue weighted by Gasteiger charge is 2.26. The Morgan fingerprint density at radius 1 is 1.08 bits per heavy atom. The average molecular weight is 353 g/mol. The van der Waals surface area contributed by atoms with Crippen molar-refractivity contribution in [3.8, 4) is 0 Å². The summed E-state index contributed by atoms with van der Waals surface area (Å²) in [5, 5.41) is 9.08. The lowest BCUT2D eigenvalue weighted by Gasteiger charge is -2.28. The van der Waals surface area contributed by atoms with Gasteiger partial charge in [-0.2, -0.15) is 0 Å². The molecule has 1 aliphatic carbocycles. The fourth-order valence-electron chi connectivity index (χ4n) is 4.13. The Morgan fingerprint density at radius 2 is 1.81 bits per heavy atom. The van der Waals surface area contributed by atoms with Crippen LogP contribution in [0.25, 0.3) is 10.8 Å². The zero-order chi connectivity index (χ0) is 18.4. The first kappa shape index (κ1) is 18.9. The molecule has 140 valence electrons. The number of carbonyl (C=O) groups is 1. The van der Waals surface area contributed by atoms with Gasteiger partial charge >= 0.3 is 0 Å². The minimum Gasteiger partial charge on any atom is -0.353 e. The van der Waals surface area contributed by atoms with Gasteiger partial charge in [0.2, 0.25) is 5.91 Å². The Labute approximate surface area is 157 Å². The Kier molecular flexibility index (Phi) is 6.67. The normalized spacial score (nSPS) is 21.5. The van der Waals surface area contributed by atoms with Crippen LogP contribution in [-0.2, 0) is 11.2 Å². The summed E-state index contributed by atoms with van der Waals surface area (Å²) < 4.78 is 0. The molecule has 0 aromatic heterocycles. The minimum absolute atomic E-state index is 0.214. The van der Waals surface area contributed by atoms with Crippen molar-refractivity contribution in [2.75, 3.05) is 13.6 Å². The maximum Gasteiger partial charge on any atom is 0.223 e. The van der Waals surface area contributed by atoms with E-state index in [9.17, 15) is 4.79 Å². The van der Waals surface area contributed by atoms with Crippen LogP contribution in [0.15, 0.2) is 42.5 Å². The molecule has 0 saturated heterocycles. The molecule has 26 heavy (non-hydrogen) atoms. The lowest BCUT2D eigenvalue weighted by atomic mass is 9.81. The molecule has 1 fully saturated rings. The summed E-state index contributed by atoms with van der Waals surface area (Å²) >= 11 is 0. The third-order valence-corrected chi connectivity index (χ3v) is 5.78. The van der Waals surface area contributed by atoms with Gasteiger partial charge in [-0.25, -0.2) is 0 Å². The first-order valence-electron chi connectivity index (χ1n) is 10.1. The smallest absolute Gasteiger partial charge is 0.223 e. The molecule has 0 aliphatic heterocycles. The fraction of sp³-hybridized carbons (Fsp3) is 0.522. The van der Waals surface area contributed by atoms with Crippen LogP contribution >= 0.6 is 0 Å². The van der Waals surface area contributed by atoms with Crippen LogP contribution < -0.4 is 10.6 Å². The van der Waals surface area contributed by atoms with Crippen LogP contribution in [0.2, 0.25) is 0 Å². The van der Waals surface area contributed by atoms with Gasteiger partial charge in [0.1, 0.15) is 0 Å². The van der Waals surface area contributed by atoms with Gasteiger partial charge in [0, 0.05) is 12.0 Å². The number of aryl methyl sites for hydroxylation is 1. The average Bonchev–Trinajstić information content (AvgIpc) is 2.67. The summed E-state index contributed by atoms with van der Waals surface area (Å²) in [7, 11) is 2.01. The Balaban J connectivity index is 1.44. The molecule has 2 aromatic rings. The van der Waals surface area contributed by atoms with Crippen LogP contribution in [0.5, 0.6) is 0 Å². The van der Waals surface area contributed by atoms with Crippen molar-refractivity contribution in [1.82, 2.24) is 10.6 Å². The molecule has 3 nitrogen and oxygen atoms in total. The van der Waals surface area contributed by atoms with Crippen LogP contribution in [0.1, 0.15) is 44.6 Å². The SMILES string of the molecule is CNCC1CCC(C(=O)NC(C)CCc2ccc3ccccc3c2)CC1. The molecule has 0 bridgehead atoms. The van der Waals surface area contributed by atoms with Gasteiger partial charge in [-0.15, -0.1) is 0 Å². The molecule has 2 N–H and O–H groups in total. The van der Waals surface area contributed by atoms with Crippen molar-refractivity contribution >= 4 is 16.7 Å². The molecular weight excluding hydrogens is 320 g/mol. The highest BCUT2D eigenvalue weighted by atomic mass is 16.1. The van der Waals surface area contributed by atoms with Gasteiger partial charge in [0.05, 0.1) is 0 Å². The van der Waals surface area contributed by atoms with Crippen molar-refractivity contribution in [2.45, 2.75) is 51.5 Å². The van der Waals surface area contributed by atoms with E-state index < -0.39 is 0 Å². The number of carbonyl (C=O) groups excluding carboxylic acids is 1. The number of fused-ring (bicyclic) bond motifs is 1. The van der Waals surface area contributed by atoms with Crippen LogP contribution in [0.3, 0.4) is 0 Å². The minimum atomic E-state index is 0.214.